The molecule has 0 aromatic heterocycles. The summed E-state index contributed by atoms with van der Waals surface area (Å²) in [6.45, 7) is -2.42. The van der Waals surface area contributed by atoms with Crippen molar-refractivity contribution < 1.29 is 11.0 Å². The summed E-state index contributed by atoms with van der Waals surface area (Å²) in [5.74, 6) is 0. The molecule has 60 valence electrons. The van der Waals surface area contributed by atoms with E-state index in [0.29, 0.717) is 0 Å². The Kier molecular flexibility index (Phi) is 0.710. The summed E-state index contributed by atoms with van der Waals surface area (Å²) in [6.07, 6.45) is 0. The first-order chi connectivity index (χ1) is 7.72. The Morgan fingerprint density at radius 1 is 1.10 bits per heavy atom. The van der Waals surface area contributed by atoms with Crippen molar-refractivity contribution in [3.05, 3.63) is 0 Å². The highest BCUT2D eigenvalue weighted by Gasteiger charge is 2.25. The molecule has 2 heteroatoms. The summed E-state index contributed by atoms with van der Waals surface area (Å²) in [7, 11) is 0. The van der Waals surface area contributed by atoms with Crippen molar-refractivity contribution in [3.8, 4) is 0 Å². The number of hydrogen-bond donors (Lipinski definition) is 2. The summed E-state index contributed by atoms with van der Waals surface area (Å²) in [5.41, 5.74) is 0. The highest BCUT2D eigenvalue weighted by molar-refractivity contribution is 4.89. The van der Waals surface area contributed by atoms with Gasteiger partial charge in [0.25, 0.3) is 0 Å². The van der Waals surface area contributed by atoms with Crippen LogP contribution in [0.4, 0.5) is 0 Å². The van der Waals surface area contributed by atoms with Crippen molar-refractivity contribution in [2.75, 3.05) is 0 Å². The molecule has 0 aromatic rings. The molecule has 0 aliphatic carbocycles. The van der Waals surface area contributed by atoms with Gasteiger partial charge < -0.3 is 10.6 Å². The minimum atomic E-state index is -2.67. The number of hydrogen-bond acceptors (Lipinski definition) is 2. The highest BCUT2D eigenvalue weighted by Crippen LogP contribution is 2.05. The first-order valence-electron chi connectivity index (χ1n) is 7.27. The van der Waals surface area contributed by atoms with Crippen LogP contribution in [0.25, 0.3) is 0 Å². The summed E-state index contributed by atoms with van der Waals surface area (Å²) < 4.78 is 60.2. The lowest BCUT2D eigenvalue weighted by atomic mass is 10.0. The van der Waals surface area contributed by atoms with Gasteiger partial charge in [-0.25, -0.2) is 0 Å². The molecule has 0 saturated carbocycles. The highest BCUT2D eigenvalue weighted by atomic mass is 15.1. The third kappa shape index (κ3) is 1.50. The van der Waals surface area contributed by atoms with E-state index in [1.165, 1.54) is 13.8 Å². The van der Waals surface area contributed by atoms with Crippen LogP contribution >= 0.6 is 0 Å². The molecule has 1 aliphatic heterocycles. The molecule has 1 saturated heterocycles. The average molecular weight is 150 g/mol. The number of piperazine rings is 1. The number of rotatable bonds is 0. The van der Waals surface area contributed by atoms with Crippen LogP contribution < -0.4 is 10.6 Å². The van der Waals surface area contributed by atoms with E-state index in [0.717, 1.165) is 0 Å². The molecule has 2 nitrogen and oxygen atoms in total. The molecule has 0 aromatic carbocycles. The Morgan fingerprint density at radius 2 is 1.90 bits per heavy atom. The molecule has 1 rings (SSSR count). The molecular weight excluding hydrogens is 124 g/mol. The lowest BCUT2D eigenvalue weighted by Gasteiger charge is -2.38. The molecule has 1 heterocycles. The minimum absolute atomic E-state index is 0.922. The molecule has 0 bridgehead atoms. The normalized spacial score (nSPS) is 78.2. The topological polar surface area (TPSA) is 24.1 Å². The van der Waals surface area contributed by atoms with Gasteiger partial charge in [0.05, 0.1) is 0 Å². The standard InChI is InChI=1S/C8H18N2/c1-5-6(2)10-8(4)7(3)9-5/h5-10H,1-4H3/i1D3,4D3,5D,7D. The van der Waals surface area contributed by atoms with Gasteiger partial charge in [-0.05, 0) is 27.6 Å². The molecule has 1 fully saturated rings. The lowest BCUT2D eigenvalue weighted by Crippen LogP contribution is -2.62. The zero-order chi connectivity index (χ0) is 14.6. The van der Waals surface area contributed by atoms with Crippen LogP contribution in [0.1, 0.15) is 38.5 Å². The molecular formula is C8H18N2. The molecule has 1 aliphatic rings. The van der Waals surface area contributed by atoms with Gasteiger partial charge in [-0.15, -0.1) is 0 Å². The second kappa shape index (κ2) is 2.89. The molecule has 0 amide bonds. The van der Waals surface area contributed by atoms with Crippen LogP contribution in [0.2, 0.25) is 0 Å². The third-order valence-electron chi connectivity index (χ3n) is 1.61. The zero-order valence-electron chi connectivity index (χ0n) is 14.2. The summed E-state index contributed by atoms with van der Waals surface area (Å²) in [5, 5.41) is 4.95. The summed E-state index contributed by atoms with van der Waals surface area (Å²) in [4.78, 5) is 0. The SMILES string of the molecule is [2H]C([2H])([2H])C1NC(C)C([2H])(C([2H])([2H])[2H])NC1([2H])C. The van der Waals surface area contributed by atoms with Crippen LogP contribution in [0.5, 0.6) is 0 Å². The second-order valence-corrected chi connectivity index (χ2v) is 2.54. The van der Waals surface area contributed by atoms with Crippen molar-refractivity contribution in [2.24, 2.45) is 0 Å². The van der Waals surface area contributed by atoms with Gasteiger partial charge in [-0.1, -0.05) is 0 Å². The van der Waals surface area contributed by atoms with E-state index in [9.17, 15) is 0 Å². The average Bonchev–Trinajstić information content (AvgIpc) is 2.06. The van der Waals surface area contributed by atoms with E-state index in [4.69, 9.17) is 11.0 Å². The second-order valence-electron chi connectivity index (χ2n) is 2.54. The Labute approximate surface area is 74.6 Å². The number of nitrogens with one attached hydrogen (secondary N) is 2. The van der Waals surface area contributed by atoms with E-state index in [1.54, 1.807) is 0 Å². The van der Waals surface area contributed by atoms with Crippen molar-refractivity contribution >= 4 is 0 Å². The van der Waals surface area contributed by atoms with Gasteiger partial charge in [-0.2, -0.15) is 0 Å². The maximum Gasteiger partial charge on any atom is 0.0478 e. The smallest absolute Gasteiger partial charge is 0.0478 e. The predicted molar refractivity (Wildman–Crippen MR) is 44.1 cm³/mol. The van der Waals surface area contributed by atoms with Crippen LogP contribution in [-0.4, -0.2) is 24.1 Å². The van der Waals surface area contributed by atoms with E-state index < -0.39 is 37.8 Å². The van der Waals surface area contributed by atoms with Gasteiger partial charge in [0.15, 0.2) is 0 Å². The van der Waals surface area contributed by atoms with Gasteiger partial charge in [0.1, 0.15) is 0 Å². The van der Waals surface area contributed by atoms with Crippen molar-refractivity contribution in [1.29, 1.82) is 0 Å². The van der Waals surface area contributed by atoms with E-state index >= 15 is 0 Å². The largest absolute Gasteiger partial charge is 0.309 e. The van der Waals surface area contributed by atoms with Crippen molar-refractivity contribution in [1.82, 2.24) is 10.6 Å². The van der Waals surface area contributed by atoms with Gasteiger partial charge in [0.2, 0.25) is 0 Å². The molecule has 4 atom stereocenters. The Balaban J connectivity index is 3.12. The van der Waals surface area contributed by atoms with Crippen LogP contribution in [0.3, 0.4) is 0 Å². The van der Waals surface area contributed by atoms with Gasteiger partial charge in [-0.3, -0.25) is 0 Å². The lowest BCUT2D eigenvalue weighted by molar-refractivity contribution is 0.250. The monoisotopic (exact) mass is 150 g/mol. The van der Waals surface area contributed by atoms with Crippen molar-refractivity contribution in [3.63, 3.8) is 0 Å². The maximum atomic E-state index is 7.99. The Morgan fingerprint density at radius 3 is 2.50 bits per heavy atom. The first-order valence-corrected chi connectivity index (χ1v) is 3.27. The van der Waals surface area contributed by atoms with Crippen LogP contribution in [-0.2, 0) is 0 Å². The summed E-state index contributed by atoms with van der Waals surface area (Å²) >= 11 is 0. The Bertz CT molecular complexity index is 322. The quantitative estimate of drug-likeness (QED) is 0.532. The first kappa shape index (κ1) is 2.46. The molecule has 0 radical (unpaired) electrons. The van der Waals surface area contributed by atoms with E-state index in [1.807, 2.05) is 0 Å². The molecule has 4 unspecified atom stereocenters. The molecule has 0 spiro atoms. The van der Waals surface area contributed by atoms with E-state index in [2.05, 4.69) is 10.6 Å². The third-order valence-corrected chi connectivity index (χ3v) is 1.61. The van der Waals surface area contributed by atoms with Crippen molar-refractivity contribution in [2.45, 2.75) is 51.7 Å². The Hall–Kier alpha value is -0.0800. The minimum Gasteiger partial charge on any atom is -0.309 e. The fourth-order valence-corrected chi connectivity index (χ4v) is 0.851. The zero-order valence-corrected chi connectivity index (χ0v) is 6.15. The summed E-state index contributed by atoms with van der Waals surface area (Å²) in [6, 6.07) is -6.02. The van der Waals surface area contributed by atoms with Gasteiger partial charge in [0, 0.05) is 35.1 Å². The van der Waals surface area contributed by atoms with Crippen LogP contribution in [0, 0.1) is 0 Å². The molecule has 10 heavy (non-hydrogen) atoms. The predicted octanol–water partition coefficient (Wildman–Crippen LogP) is 0.733. The van der Waals surface area contributed by atoms with Crippen LogP contribution in [0.15, 0.2) is 0 Å². The van der Waals surface area contributed by atoms with Gasteiger partial charge >= 0.3 is 0 Å². The fraction of sp³-hybridized carbons (Fsp3) is 1.00. The van der Waals surface area contributed by atoms with E-state index in [-0.39, 0.29) is 0 Å². The fourth-order valence-electron chi connectivity index (χ4n) is 0.851. The molecule has 2 N–H and O–H groups in total. The maximum absolute atomic E-state index is 7.99.